The van der Waals surface area contributed by atoms with E-state index in [9.17, 15) is 14.4 Å². The average molecular weight is 608 g/mol. The molecule has 0 bridgehead atoms. The Morgan fingerprint density at radius 2 is 1.62 bits per heavy atom. The van der Waals surface area contributed by atoms with Crippen molar-refractivity contribution in [3.63, 3.8) is 0 Å². The third-order valence-corrected chi connectivity index (χ3v) is 7.63. The summed E-state index contributed by atoms with van der Waals surface area (Å²) in [6.07, 6.45) is -0.436. The van der Waals surface area contributed by atoms with Gasteiger partial charge in [0.2, 0.25) is 5.91 Å². The highest BCUT2D eigenvalue weighted by Crippen LogP contribution is 2.65. The summed E-state index contributed by atoms with van der Waals surface area (Å²) in [5, 5.41) is 6.62. The van der Waals surface area contributed by atoms with Gasteiger partial charge in [-0.15, -0.1) is 23.2 Å². The molecule has 0 spiro atoms. The summed E-state index contributed by atoms with van der Waals surface area (Å²) in [5.41, 5.74) is 0.576. The third kappa shape index (κ3) is 6.40. The predicted octanol–water partition coefficient (Wildman–Crippen LogP) is 6.52. The highest BCUT2D eigenvalue weighted by Gasteiger charge is 2.67. The van der Waals surface area contributed by atoms with Crippen molar-refractivity contribution in [2.75, 3.05) is 18.4 Å². The minimum absolute atomic E-state index is 0.173. The molecule has 0 aromatic heterocycles. The fourth-order valence-electron chi connectivity index (χ4n) is 4.13. The second-order valence-corrected chi connectivity index (χ2v) is 12.8. The van der Waals surface area contributed by atoms with Crippen molar-refractivity contribution in [3.8, 4) is 0 Å². The van der Waals surface area contributed by atoms with E-state index in [2.05, 4.69) is 10.6 Å². The first-order valence-corrected chi connectivity index (χ1v) is 13.3. The average Bonchev–Trinajstić information content (AvgIpc) is 3.31. The van der Waals surface area contributed by atoms with Crippen molar-refractivity contribution in [1.29, 1.82) is 0 Å². The van der Waals surface area contributed by atoms with E-state index in [1.165, 1.54) is 17.0 Å². The zero-order valence-electron chi connectivity index (χ0n) is 20.1. The summed E-state index contributed by atoms with van der Waals surface area (Å²) >= 11 is 31.3. The lowest BCUT2D eigenvalue weighted by molar-refractivity contribution is -0.117. The smallest absolute Gasteiger partial charge is 0.410 e. The fourth-order valence-corrected chi connectivity index (χ4v) is 5.70. The summed E-state index contributed by atoms with van der Waals surface area (Å²) in [7, 11) is 0. The lowest BCUT2D eigenvalue weighted by Gasteiger charge is -2.40. The van der Waals surface area contributed by atoms with Crippen LogP contribution in [0.25, 0.3) is 0 Å². The second-order valence-electron chi connectivity index (χ2n) is 10.1. The molecule has 2 fully saturated rings. The highest BCUT2D eigenvalue weighted by molar-refractivity contribution is 6.53. The zero-order valence-corrected chi connectivity index (χ0v) is 23.9. The first-order valence-electron chi connectivity index (χ1n) is 11.4. The molecule has 198 valence electrons. The van der Waals surface area contributed by atoms with Gasteiger partial charge in [0.05, 0.1) is 22.5 Å². The lowest BCUT2D eigenvalue weighted by Crippen LogP contribution is -2.61. The number of benzene rings is 2. The van der Waals surface area contributed by atoms with E-state index in [1.54, 1.807) is 45.0 Å². The van der Waals surface area contributed by atoms with Crippen LogP contribution in [0.5, 0.6) is 0 Å². The van der Waals surface area contributed by atoms with Gasteiger partial charge in [-0.2, -0.15) is 0 Å². The molecule has 2 aromatic rings. The van der Waals surface area contributed by atoms with Crippen LogP contribution in [-0.4, -0.2) is 51.9 Å². The number of hydrogen-bond donors (Lipinski definition) is 2. The van der Waals surface area contributed by atoms with Crippen molar-refractivity contribution >= 4 is 81.6 Å². The van der Waals surface area contributed by atoms with Gasteiger partial charge >= 0.3 is 6.09 Å². The molecule has 2 aliphatic rings. The van der Waals surface area contributed by atoms with Crippen molar-refractivity contribution in [2.45, 2.75) is 42.7 Å². The van der Waals surface area contributed by atoms with Crippen LogP contribution >= 0.6 is 58.0 Å². The van der Waals surface area contributed by atoms with Crippen LogP contribution in [0.2, 0.25) is 15.1 Å². The number of nitrogens with zero attached hydrogens (tertiary/aromatic N) is 1. The van der Waals surface area contributed by atoms with E-state index in [1.807, 2.05) is 0 Å². The Morgan fingerprint density at radius 3 is 2.22 bits per heavy atom. The number of anilines is 1. The van der Waals surface area contributed by atoms with Crippen LogP contribution in [0.15, 0.2) is 36.4 Å². The third-order valence-electron chi connectivity index (χ3n) is 5.93. The van der Waals surface area contributed by atoms with E-state index < -0.39 is 39.7 Å². The topological polar surface area (TPSA) is 87.7 Å². The monoisotopic (exact) mass is 605 g/mol. The molecule has 1 heterocycles. The number of ether oxygens (including phenoxy) is 1. The maximum atomic E-state index is 13.0. The van der Waals surface area contributed by atoms with Crippen LogP contribution < -0.4 is 10.6 Å². The molecule has 3 amide bonds. The second kappa shape index (κ2) is 10.3. The molecule has 37 heavy (non-hydrogen) atoms. The Labute approximate surface area is 239 Å². The Bertz CT molecular complexity index is 1240. The summed E-state index contributed by atoms with van der Waals surface area (Å²) in [4.78, 5) is 39.5. The van der Waals surface area contributed by atoms with Crippen LogP contribution in [0.1, 0.15) is 42.6 Å². The summed E-state index contributed by atoms with van der Waals surface area (Å²) in [6.45, 7) is 5.99. The number of nitrogens with one attached hydrogen (secondary N) is 2. The molecule has 1 aliphatic carbocycles. The zero-order chi connectivity index (χ0) is 27.3. The van der Waals surface area contributed by atoms with Gasteiger partial charge in [0.25, 0.3) is 5.91 Å². The Hall–Kier alpha value is -1.90. The molecule has 2 unspecified atom stereocenters. The van der Waals surface area contributed by atoms with E-state index in [4.69, 9.17) is 62.7 Å². The predicted molar refractivity (Wildman–Crippen MR) is 146 cm³/mol. The summed E-state index contributed by atoms with van der Waals surface area (Å²) < 4.78 is 3.98. The van der Waals surface area contributed by atoms with Gasteiger partial charge < -0.3 is 20.3 Å². The van der Waals surface area contributed by atoms with Gasteiger partial charge in [-0.1, -0.05) is 34.8 Å². The Balaban J connectivity index is 1.38. The minimum Gasteiger partial charge on any atom is -0.444 e. The van der Waals surface area contributed by atoms with Crippen LogP contribution in [0.3, 0.4) is 0 Å². The van der Waals surface area contributed by atoms with E-state index in [-0.39, 0.29) is 16.6 Å². The Kier molecular flexibility index (Phi) is 7.86. The maximum absolute atomic E-state index is 13.0. The highest BCUT2D eigenvalue weighted by atomic mass is 35.5. The van der Waals surface area contributed by atoms with Crippen LogP contribution in [0.4, 0.5) is 10.5 Å². The molecule has 12 heteroatoms. The van der Waals surface area contributed by atoms with E-state index >= 15 is 0 Å². The number of likely N-dealkylation sites (tertiary alicyclic amines) is 1. The standard InChI is InChI=1S/C25H24Cl5N3O4/c1-24(2,3)37-23(36)33-10-16(11-33)32-21(34)17-9-15(4-5-18(17)28)31-22(35)20-19(25(20,29)30)12-6-13(26)8-14(27)7-12/h4-9,16,19-20H,10-11H2,1-3H3,(H,31,35)(H,32,34). The largest absolute Gasteiger partial charge is 0.444 e. The van der Waals surface area contributed by atoms with Gasteiger partial charge in [-0.3, -0.25) is 9.59 Å². The molecular weight excluding hydrogens is 584 g/mol. The number of carbonyl (C=O) groups excluding carboxylic acids is 3. The molecular formula is C25H24Cl5N3O4. The first kappa shape index (κ1) is 28.1. The molecule has 2 atom stereocenters. The number of hydrogen-bond acceptors (Lipinski definition) is 4. The van der Waals surface area contributed by atoms with Crippen LogP contribution in [0, 0.1) is 5.92 Å². The van der Waals surface area contributed by atoms with Crippen molar-refractivity contribution in [1.82, 2.24) is 10.2 Å². The molecule has 1 saturated heterocycles. The SMILES string of the molecule is CC(C)(C)OC(=O)N1CC(NC(=O)c2cc(NC(=O)C3C(c4cc(Cl)cc(Cl)c4)C3(Cl)Cl)ccc2Cl)C1. The first-order chi connectivity index (χ1) is 17.2. The number of rotatable bonds is 5. The summed E-state index contributed by atoms with van der Waals surface area (Å²) in [5.74, 6) is -2.12. The van der Waals surface area contributed by atoms with Crippen molar-refractivity contribution in [3.05, 3.63) is 62.6 Å². The van der Waals surface area contributed by atoms with Gasteiger partial charge in [0.15, 0.2) is 0 Å². The summed E-state index contributed by atoms with van der Waals surface area (Å²) in [6, 6.07) is 9.21. The fraction of sp³-hybridized carbons (Fsp3) is 0.400. The lowest BCUT2D eigenvalue weighted by atomic mass is 10.1. The molecule has 4 rings (SSSR count). The quantitative estimate of drug-likeness (QED) is 0.379. The molecule has 0 radical (unpaired) electrons. The molecule has 2 aromatic carbocycles. The van der Waals surface area contributed by atoms with Crippen molar-refractivity contribution in [2.24, 2.45) is 5.92 Å². The van der Waals surface area contributed by atoms with Crippen LogP contribution in [-0.2, 0) is 9.53 Å². The number of amides is 3. The molecule has 7 nitrogen and oxygen atoms in total. The van der Waals surface area contributed by atoms with Crippen molar-refractivity contribution < 1.29 is 19.1 Å². The number of alkyl halides is 2. The van der Waals surface area contributed by atoms with E-state index in [0.29, 0.717) is 34.4 Å². The minimum atomic E-state index is -1.34. The molecule has 1 saturated carbocycles. The normalized spacial score (nSPS) is 20.6. The van der Waals surface area contributed by atoms with Gasteiger partial charge in [-0.05, 0) is 62.7 Å². The van der Waals surface area contributed by atoms with Gasteiger partial charge in [0.1, 0.15) is 9.93 Å². The van der Waals surface area contributed by atoms with Gasteiger partial charge in [0, 0.05) is 34.7 Å². The van der Waals surface area contributed by atoms with Gasteiger partial charge in [-0.25, -0.2) is 4.79 Å². The molecule has 1 aliphatic heterocycles. The number of halogens is 5. The van der Waals surface area contributed by atoms with E-state index in [0.717, 1.165) is 0 Å². The maximum Gasteiger partial charge on any atom is 0.410 e. The molecule has 2 N–H and O–H groups in total. The Morgan fingerprint density at radius 1 is 1.00 bits per heavy atom. The number of carbonyl (C=O) groups is 3.